The van der Waals surface area contributed by atoms with Crippen LogP contribution >= 0.6 is 24.0 Å². The molecule has 0 spiro atoms. The number of hydrogen-bond donors (Lipinski definition) is 2. The molecule has 1 aliphatic rings. The van der Waals surface area contributed by atoms with E-state index < -0.39 is 0 Å². The molecule has 1 rings (SSSR count). The lowest BCUT2D eigenvalue weighted by Gasteiger charge is -2.28. The average Bonchev–Trinajstić information content (AvgIpc) is 2.65. The van der Waals surface area contributed by atoms with Gasteiger partial charge in [0.05, 0.1) is 33.0 Å². The first-order valence-corrected chi connectivity index (χ1v) is 10.2. The lowest BCUT2D eigenvalue weighted by Crippen LogP contribution is -2.41. The molecule has 1 saturated heterocycles. The van der Waals surface area contributed by atoms with E-state index in [1.165, 1.54) is 6.42 Å². The zero-order valence-electron chi connectivity index (χ0n) is 17.5. The highest BCUT2D eigenvalue weighted by molar-refractivity contribution is 14.0. The van der Waals surface area contributed by atoms with Crippen molar-refractivity contribution in [2.24, 2.45) is 10.9 Å². The van der Waals surface area contributed by atoms with E-state index in [0.29, 0.717) is 25.7 Å². The molecule has 0 aromatic heterocycles. The van der Waals surface area contributed by atoms with Crippen LogP contribution < -0.4 is 10.6 Å². The van der Waals surface area contributed by atoms with Gasteiger partial charge in [0.25, 0.3) is 0 Å². The van der Waals surface area contributed by atoms with Gasteiger partial charge in [-0.2, -0.15) is 0 Å². The number of nitrogens with one attached hydrogen (secondary N) is 2. The summed E-state index contributed by atoms with van der Waals surface area (Å²) in [5.41, 5.74) is 0. The minimum absolute atomic E-state index is 0. The molecule has 0 radical (unpaired) electrons. The van der Waals surface area contributed by atoms with Crippen LogP contribution in [0.2, 0.25) is 0 Å². The number of hydrogen-bond acceptors (Lipinski definition) is 5. The van der Waals surface area contributed by atoms with Crippen molar-refractivity contribution in [3.8, 4) is 0 Å². The molecular formula is C19H41IN4O3. The summed E-state index contributed by atoms with van der Waals surface area (Å²) in [6, 6.07) is 0. The molecular weight excluding hydrogens is 459 g/mol. The summed E-state index contributed by atoms with van der Waals surface area (Å²) in [5, 5.41) is 6.62. The molecule has 162 valence electrons. The van der Waals surface area contributed by atoms with E-state index in [9.17, 15) is 0 Å². The molecule has 1 aliphatic heterocycles. The van der Waals surface area contributed by atoms with Gasteiger partial charge in [0.1, 0.15) is 0 Å². The summed E-state index contributed by atoms with van der Waals surface area (Å²) in [5.74, 6) is 1.39. The summed E-state index contributed by atoms with van der Waals surface area (Å²) in [6.07, 6.45) is 2.29. The van der Waals surface area contributed by atoms with Gasteiger partial charge in [0.15, 0.2) is 5.96 Å². The number of aliphatic imine (C=N–C) groups is 1. The molecule has 1 atom stereocenters. The predicted octanol–water partition coefficient (Wildman–Crippen LogP) is 1.96. The number of guanidine groups is 1. The van der Waals surface area contributed by atoms with Gasteiger partial charge >= 0.3 is 0 Å². The highest BCUT2D eigenvalue weighted by Crippen LogP contribution is 2.03. The third kappa shape index (κ3) is 15.4. The molecule has 0 aromatic rings. The number of rotatable bonds is 14. The van der Waals surface area contributed by atoms with Gasteiger partial charge < -0.3 is 24.8 Å². The maximum absolute atomic E-state index is 5.58. The van der Waals surface area contributed by atoms with Crippen molar-refractivity contribution in [2.75, 3.05) is 78.9 Å². The molecule has 0 aliphatic carbocycles. The minimum atomic E-state index is 0. The predicted molar refractivity (Wildman–Crippen MR) is 122 cm³/mol. The average molecular weight is 500 g/mol. The van der Waals surface area contributed by atoms with Crippen LogP contribution in [0.25, 0.3) is 0 Å². The molecule has 0 aromatic carbocycles. The Bertz CT molecular complexity index is 356. The van der Waals surface area contributed by atoms with Crippen molar-refractivity contribution in [1.29, 1.82) is 0 Å². The Labute approximate surface area is 183 Å². The van der Waals surface area contributed by atoms with E-state index in [2.05, 4.69) is 36.3 Å². The van der Waals surface area contributed by atoms with E-state index >= 15 is 0 Å². The first-order valence-electron chi connectivity index (χ1n) is 10.2. The lowest BCUT2D eigenvalue weighted by molar-refractivity contribution is 0.0323. The molecule has 1 unspecified atom stereocenters. The molecule has 27 heavy (non-hydrogen) atoms. The molecule has 0 saturated carbocycles. The maximum Gasteiger partial charge on any atom is 0.191 e. The van der Waals surface area contributed by atoms with Crippen molar-refractivity contribution in [3.63, 3.8) is 0 Å². The Morgan fingerprint density at radius 1 is 1.07 bits per heavy atom. The maximum atomic E-state index is 5.58. The number of ether oxygens (including phenoxy) is 3. The van der Waals surface area contributed by atoms with Gasteiger partial charge in [-0.3, -0.25) is 9.89 Å². The fourth-order valence-corrected chi connectivity index (χ4v) is 2.68. The fourth-order valence-electron chi connectivity index (χ4n) is 2.68. The van der Waals surface area contributed by atoms with Crippen LogP contribution in [0.4, 0.5) is 0 Å². The molecule has 7 nitrogen and oxygen atoms in total. The van der Waals surface area contributed by atoms with Gasteiger partial charge in [0, 0.05) is 45.9 Å². The zero-order valence-corrected chi connectivity index (χ0v) is 19.8. The summed E-state index contributed by atoms with van der Waals surface area (Å²) in [6.45, 7) is 16.6. The SMILES string of the molecule is CCCCOCCOCCNC(=NCC(C)CN1CCOCC1)NCC.I. The third-order valence-electron chi connectivity index (χ3n) is 4.13. The van der Waals surface area contributed by atoms with Gasteiger partial charge in [0.2, 0.25) is 0 Å². The Kier molecular flexibility index (Phi) is 19.1. The van der Waals surface area contributed by atoms with Crippen molar-refractivity contribution in [3.05, 3.63) is 0 Å². The second-order valence-corrected chi connectivity index (χ2v) is 6.74. The van der Waals surface area contributed by atoms with Crippen LogP contribution in [0.1, 0.15) is 33.6 Å². The highest BCUT2D eigenvalue weighted by atomic mass is 127. The standard InChI is InChI=1S/C19H40N4O3.HI/c1-4-6-10-24-14-15-25-11-7-21-19(20-5-2)22-16-18(3)17-23-8-12-26-13-9-23;/h18H,4-17H2,1-3H3,(H2,20,21,22);1H. The van der Waals surface area contributed by atoms with Crippen LogP contribution in [-0.4, -0.2) is 89.8 Å². The smallest absolute Gasteiger partial charge is 0.191 e. The normalized spacial score (nSPS) is 16.6. The van der Waals surface area contributed by atoms with E-state index in [4.69, 9.17) is 19.2 Å². The van der Waals surface area contributed by atoms with Crippen molar-refractivity contribution < 1.29 is 14.2 Å². The first-order chi connectivity index (χ1) is 12.8. The van der Waals surface area contributed by atoms with Gasteiger partial charge in [-0.05, 0) is 19.3 Å². The van der Waals surface area contributed by atoms with Crippen LogP contribution in [0.5, 0.6) is 0 Å². The molecule has 1 heterocycles. The first kappa shape index (κ1) is 26.8. The largest absolute Gasteiger partial charge is 0.379 e. The molecule has 1 fully saturated rings. The number of nitrogens with zero attached hydrogens (tertiary/aromatic N) is 2. The second-order valence-electron chi connectivity index (χ2n) is 6.74. The summed E-state index contributed by atoms with van der Waals surface area (Å²) >= 11 is 0. The quantitative estimate of drug-likeness (QED) is 0.165. The summed E-state index contributed by atoms with van der Waals surface area (Å²) in [4.78, 5) is 7.16. The van der Waals surface area contributed by atoms with E-state index in [-0.39, 0.29) is 24.0 Å². The molecule has 0 amide bonds. The van der Waals surface area contributed by atoms with Crippen LogP contribution in [-0.2, 0) is 14.2 Å². The third-order valence-corrected chi connectivity index (χ3v) is 4.13. The molecule has 8 heteroatoms. The van der Waals surface area contributed by atoms with Crippen molar-refractivity contribution >= 4 is 29.9 Å². The Balaban J connectivity index is 0.00000676. The van der Waals surface area contributed by atoms with Gasteiger partial charge in [-0.15, -0.1) is 24.0 Å². The van der Waals surface area contributed by atoms with Crippen molar-refractivity contribution in [1.82, 2.24) is 15.5 Å². The van der Waals surface area contributed by atoms with E-state index in [1.54, 1.807) is 0 Å². The number of morpholine rings is 1. The second kappa shape index (κ2) is 19.2. The number of unbranched alkanes of at least 4 members (excludes halogenated alkanes) is 1. The van der Waals surface area contributed by atoms with E-state index in [1.807, 2.05) is 0 Å². The number of halogens is 1. The Morgan fingerprint density at radius 3 is 2.44 bits per heavy atom. The Hall–Kier alpha value is -0.160. The summed E-state index contributed by atoms with van der Waals surface area (Å²) < 4.78 is 16.5. The molecule has 2 N–H and O–H groups in total. The lowest BCUT2D eigenvalue weighted by atomic mass is 10.1. The van der Waals surface area contributed by atoms with Gasteiger partial charge in [-0.25, -0.2) is 0 Å². The monoisotopic (exact) mass is 500 g/mol. The Morgan fingerprint density at radius 2 is 1.78 bits per heavy atom. The summed E-state index contributed by atoms with van der Waals surface area (Å²) in [7, 11) is 0. The van der Waals surface area contributed by atoms with Crippen molar-refractivity contribution in [2.45, 2.75) is 33.6 Å². The minimum Gasteiger partial charge on any atom is -0.379 e. The van der Waals surface area contributed by atoms with Gasteiger partial charge in [-0.1, -0.05) is 20.3 Å². The molecule has 0 bridgehead atoms. The van der Waals surface area contributed by atoms with Crippen LogP contribution in [0.3, 0.4) is 0 Å². The highest BCUT2D eigenvalue weighted by Gasteiger charge is 2.13. The topological polar surface area (TPSA) is 67.4 Å². The van der Waals surface area contributed by atoms with Crippen LogP contribution in [0.15, 0.2) is 4.99 Å². The van der Waals surface area contributed by atoms with Crippen LogP contribution in [0, 0.1) is 5.92 Å². The fraction of sp³-hybridized carbons (Fsp3) is 0.947. The zero-order chi connectivity index (χ0) is 18.9. The van der Waals surface area contributed by atoms with E-state index in [0.717, 1.165) is 71.5 Å².